The lowest BCUT2D eigenvalue weighted by Crippen LogP contribution is -2.23. The van der Waals surface area contributed by atoms with Gasteiger partial charge in [-0.1, -0.05) is 48.0 Å². The molecule has 1 atom stereocenters. The SMILES string of the molecule is CCOc1cc(C=Nn2c([C@H](C)CC)nc3ccc(Br)cc3c2=O)c(Br)c(Br)c1OCc1ccccc1F. The van der Waals surface area contributed by atoms with E-state index in [4.69, 9.17) is 14.5 Å². The third-order valence-electron chi connectivity index (χ3n) is 5.98. The Labute approximate surface area is 245 Å². The zero-order valence-corrected chi connectivity index (χ0v) is 25.7. The van der Waals surface area contributed by atoms with Crippen LogP contribution in [0.3, 0.4) is 0 Å². The second kappa shape index (κ2) is 12.5. The molecular formula is C28H25Br3FN3O3. The maximum atomic E-state index is 14.1. The molecule has 0 saturated carbocycles. The van der Waals surface area contributed by atoms with Gasteiger partial charge >= 0.3 is 0 Å². The maximum absolute atomic E-state index is 14.1. The van der Waals surface area contributed by atoms with Crippen molar-refractivity contribution in [2.45, 2.75) is 39.7 Å². The number of aromatic nitrogens is 2. The molecule has 0 aliphatic heterocycles. The number of benzene rings is 3. The van der Waals surface area contributed by atoms with E-state index in [1.165, 1.54) is 10.7 Å². The number of fused-ring (bicyclic) bond motifs is 1. The van der Waals surface area contributed by atoms with Gasteiger partial charge in [0.1, 0.15) is 18.2 Å². The largest absolute Gasteiger partial charge is 0.490 e. The molecule has 0 fully saturated rings. The molecule has 0 spiro atoms. The second-order valence-electron chi connectivity index (χ2n) is 8.54. The summed E-state index contributed by atoms with van der Waals surface area (Å²) in [7, 11) is 0. The van der Waals surface area contributed by atoms with Crippen molar-refractivity contribution in [3.63, 3.8) is 0 Å². The highest BCUT2D eigenvalue weighted by atomic mass is 79.9. The summed E-state index contributed by atoms with van der Waals surface area (Å²) >= 11 is 10.6. The highest BCUT2D eigenvalue weighted by molar-refractivity contribution is 9.13. The minimum absolute atomic E-state index is 0.0104. The molecule has 198 valence electrons. The minimum Gasteiger partial charge on any atom is -0.490 e. The van der Waals surface area contributed by atoms with Gasteiger partial charge in [-0.25, -0.2) is 9.37 Å². The Kier molecular flexibility index (Phi) is 9.38. The predicted octanol–water partition coefficient (Wildman–Crippen LogP) is 8.20. The Balaban J connectivity index is 1.77. The number of nitrogens with zero attached hydrogens (tertiary/aromatic N) is 3. The summed E-state index contributed by atoms with van der Waals surface area (Å²) in [5, 5.41) is 5.04. The molecule has 1 heterocycles. The number of hydrogen-bond donors (Lipinski definition) is 0. The molecular weight excluding hydrogens is 685 g/mol. The molecule has 0 bridgehead atoms. The van der Waals surface area contributed by atoms with Crippen LogP contribution in [0.2, 0.25) is 0 Å². The Bertz CT molecular complexity index is 1570. The molecule has 10 heteroatoms. The van der Waals surface area contributed by atoms with Crippen LogP contribution >= 0.6 is 47.8 Å². The Morgan fingerprint density at radius 1 is 1.08 bits per heavy atom. The summed E-state index contributed by atoms with van der Waals surface area (Å²) in [5.74, 6) is 1.12. The van der Waals surface area contributed by atoms with Gasteiger partial charge in [0.15, 0.2) is 11.5 Å². The van der Waals surface area contributed by atoms with Crippen molar-refractivity contribution in [1.82, 2.24) is 9.66 Å². The average Bonchev–Trinajstić information content (AvgIpc) is 2.91. The molecule has 0 aliphatic rings. The Morgan fingerprint density at radius 2 is 1.84 bits per heavy atom. The van der Waals surface area contributed by atoms with Crippen LogP contribution in [-0.2, 0) is 6.61 Å². The highest BCUT2D eigenvalue weighted by Crippen LogP contribution is 2.43. The lowest BCUT2D eigenvalue weighted by atomic mass is 10.1. The van der Waals surface area contributed by atoms with Crippen LogP contribution in [0, 0.1) is 5.82 Å². The fourth-order valence-corrected chi connectivity index (χ4v) is 5.06. The molecule has 38 heavy (non-hydrogen) atoms. The van der Waals surface area contributed by atoms with Crippen molar-refractivity contribution >= 4 is 64.9 Å². The van der Waals surface area contributed by atoms with Gasteiger partial charge in [0.25, 0.3) is 5.56 Å². The van der Waals surface area contributed by atoms with E-state index >= 15 is 0 Å². The standard InChI is InChI=1S/C28H25Br3FN3O3/c1-4-16(3)27-34-22-11-10-19(29)13-20(22)28(36)35(27)33-14-18-12-23(37-5-2)26(25(31)24(18)30)38-15-17-8-6-7-9-21(17)32/h6-14,16H,4-5,15H2,1-3H3/t16-/m1/s1. The maximum Gasteiger partial charge on any atom is 0.282 e. The molecule has 0 saturated heterocycles. The van der Waals surface area contributed by atoms with Gasteiger partial charge < -0.3 is 9.47 Å². The molecule has 6 nitrogen and oxygen atoms in total. The molecule has 0 amide bonds. The van der Waals surface area contributed by atoms with Gasteiger partial charge in [0.05, 0.1) is 28.2 Å². The van der Waals surface area contributed by atoms with Crippen LogP contribution in [0.4, 0.5) is 4.39 Å². The summed E-state index contributed by atoms with van der Waals surface area (Å²) < 4.78 is 29.3. The number of hydrogen-bond acceptors (Lipinski definition) is 5. The fraction of sp³-hybridized carbons (Fsp3) is 0.250. The van der Waals surface area contributed by atoms with E-state index in [1.54, 1.807) is 36.5 Å². The normalized spacial score (nSPS) is 12.3. The molecule has 4 rings (SSSR count). The molecule has 0 N–H and O–H groups in total. The van der Waals surface area contributed by atoms with Crippen molar-refractivity contribution in [1.29, 1.82) is 0 Å². The topological polar surface area (TPSA) is 65.7 Å². The second-order valence-corrected chi connectivity index (χ2v) is 11.0. The first-order valence-electron chi connectivity index (χ1n) is 12.0. The van der Waals surface area contributed by atoms with Crippen molar-refractivity contribution in [2.75, 3.05) is 6.61 Å². The molecule has 1 aromatic heterocycles. The third kappa shape index (κ3) is 6.02. The van der Waals surface area contributed by atoms with Crippen LogP contribution in [0.1, 0.15) is 50.1 Å². The highest BCUT2D eigenvalue weighted by Gasteiger charge is 2.19. The van der Waals surface area contributed by atoms with Crippen LogP contribution < -0.4 is 15.0 Å². The van der Waals surface area contributed by atoms with E-state index < -0.39 is 0 Å². The van der Waals surface area contributed by atoms with Gasteiger partial charge in [0, 0.05) is 26.0 Å². The van der Waals surface area contributed by atoms with Crippen molar-refractivity contribution in [2.24, 2.45) is 5.10 Å². The van der Waals surface area contributed by atoms with Gasteiger partial charge in [-0.2, -0.15) is 9.78 Å². The number of halogens is 4. The summed E-state index contributed by atoms with van der Waals surface area (Å²) in [6, 6.07) is 13.6. The average molecular weight is 710 g/mol. The van der Waals surface area contributed by atoms with Gasteiger partial charge in [-0.15, -0.1) is 0 Å². The van der Waals surface area contributed by atoms with Crippen molar-refractivity contribution < 1.29 is 13.9 Å². The molecule has 0 unspecified atom stereocenters. The van der Waals surface area contributed by atoms with Gasteiger partial charge in [-0.3, -0.25) is 4.79 Å². The quantitative estimate of drug-likeness (QED) is 0.165. The summed E-state index contributed by atoms with van der Waals surface area (Å²) in [4.78, 5) is 18.2. The molecule has 0 radical (unpaired) electrons. The van der Waals surface area contributed by atoms with Crippen LogP contribution in [0.15, 0.2) is 71.8 Å². The van der Waals surface area contributed by atoms with Crippen LogP contribution in [0.5, 0.6) is 11.5 Å². The summed E-state index contributed by atoms with van der Waals surface area (Å²) in [6.45, 7) is 6.33. The van der Waals surface area contributed by atoms with E-state index in [-0.39, 0.29) is 23.9 Å². The lowest BCUT2D eigenvalue weighted by molar-refractivity contribution is 0.264. The fourth-order valence-electron chi connectivity index (χ4n) is 3.76. The number of ether oxygens (including phenoxy) is 2. The molecule has 4 aromatic rings. The Hall–Kier alpha value is -2.56. The van der Waals surface area contributed by atoms with E-state index in [9.17, 15) is 9.18 Å². The number of rotatable bonds is 9. The van der Waals surface area contributed by atoms with E-state index in [1.807, 2.05) is 32.9 Å². The zero-order valence-electron chi connectivity index (χ0n) is 21.0. The first kappa shape index (κ1) is 28.4. The van der Waals surface area contributed by atoms with Crippen LogP contribution in [-0.4, -0.2) is 22.5 Å². The van der Waals surface area contributed by atoms with Gasteiger partial charge in [0.2, 0.25) is 0 Å². The predicted molar refractivity (Wildman–Crippen MR) is 159 cm³/mol. The van der Waals surface area contributed by atoms with E-state index in [0.717, 1.165) is 10.9 Å². The van der Waals surface area contributed by atoms with Crippen molar-refractivity contribution in [3.05, 3.63) is 95.1 Å². The Morgan fingerprint density at radius 3 is 2.55 bits per heavy atom. The monoisotopic (exact) mass is 707 g/mol. The third-order valence-corrected chi connectivity index (χ3v) is 8.62. The summed E-state index contributed by atoms with van der Waals surface area (Å²) in [5.41, 5.74) is 1.44. The van der Waals surface area contributed by atoms with Crippen LogP contribution in [0.25, 0.3) is 10.9 Å². The zero-order chi connectivity index (χ0) is 27.4. The smallest absolute Gasteiger partial charge is 0.282 e. The first-order valence-corrected chi connectivity index (χ1v) is 14.4. The van der Waals surface area contributed by atoms with E-state index in [0.29, 0.717) is 54.9 Å². The van der Waals surface area contributed by atoms with E-state index in [2.05, 4.69) is 52.9 Å². The minimum atomic E-state index is -0.344. The van der Waals surface area contributed by atoms with Gasteiger partial charge in [-0.05, 0) is 75.5 Å². The first-order chi connectivity index (χ1) is 18.2. The summed E-state index contributed by atoms with van der Waals surface area (Å²) in [6.07, 6.45) is 2.37. The lowest BCUT2D eigenvalue weighted by Gasteiger charge is -2.17. The molecule has 3 aromatic carbocycles. The van der Waals surface area contributed by atoms with Crippen molar-refractivity contribution in [3.8, 4) is 11.5 Å². The molecule has 0 aliphatic carbocycles.